The first kappa shape index (κ1) is 10.4. The van der Waals surface area contributed by atoms with E-state index in [4.69, 9.17) is 4.74 Å². The summed E-state index contributed by atoms with van der Waals surface area (Å²) in [7, 11) is 0. The molecule has 0 atom stereocenters. The molecule has 0 radical (unpaired) electrons. The number of benzene rings is 2. The normalized spacial score (nSPS) is 9.81. The van der Waals surface area contributed by atoms with E-state index >= 15 is 0 Å². The molecule has 0 aliphatic rings. The average Bonchev–Trinajstić information content (AvgIpc) is 2.33. The van der Waals surface area contributed by atoms with E-state index < -0.39 is 0 Å². The SMILES string of the molecule is Cc1cccc(C=O)c1Oc1ccccc1. The Kier molecular flexibility index (Phi) is 3.01. The van der Waals surface area contributed by atoms with Crippen LogP contribution in [0.3, 0.4) is 0 Å². The summed E-state index contributed by atoms with van der Waals surface area (Å²) in [6.07, 6.45) is 0.811. The molecule has 0 amide bonds. The largest absolute Gasteiger partial charge is 0.456 e. The van der Waals surface area contributed by atoms with Crippen molar-refractivity contribution in [2.24, 2.45) is 0 Å². The van der Waals surface area contributed by atoms with Gasteiger partial charge in [0.05, 0.1) is 5.56 Å². The van der Waals surface area contributed by atoms with Crippen molar-refractivity contribution in [2.75, 3.05) is 0 Å². The Bertz CT molecular complexity index is 489. The standard InChI is InChI=1S/C14H12O2/c1-11-6-5-7-12(10-15)14(11)16-13-8-3-2-4-9-13/h2-10H,1H3. The van der Waals surface area contributed by atoms with Crippen molar-refractivity contribution in [2.45, 2.75) is 6.92 Å². The number of aldehydes is 1. The Labute approximate surface area is 94.5 Å². The number of carbonyl (C=O) groups excluding carboxylic acids is 1. The van der Waals surface area contributed by atoms with Crippen molar-refractivity contribution in [3.05, 3.63) is 59.7 Å². The van der Waals surface area contributed by atoms with Gasteiger partial charge in [0.15, 0.2) is 6.29 Å². The molecular weight excluding hydrogens is 200 g/mol. The number of hydrogen-bond acceptors (Lipinski definition) is 2. The van der Waals surface area contributed by atoms with Crippen LogP contribution in [0, 0.1) is 6.92 Å². The molecule has 2 aromatic carbocycles. The van der Waals surface area contributed by atoms with Crippen molar-refractivity contribution in [1.29, 1.82) is 0 Å². The zero-order chi connectivity index (χ0) is 11.4. The maximum Gasteiger partial charge on any atom is 0.153 e. The molecule has 0 saturated carbocycles. The highest BCUT2D eigenvalue weighted by Gasteiger charge is 2.06. The molecule has 0 unspecified atom stereocenters. The third-order valence-corrected chi connectivity index (χ3v) is 2.33. The van der Waals surface area contributed by atoms with E-state index in [-0.39, 0.29) is 0 Å². The summed E-state index contributed by atoms with van der Waals surface area (Å²) in [6, 6.07) is 15.0. The molecule has 0 aliphatic heterocycles. The van der Waals surface area contributed by atoms with Gasteiger partial charge in [-0.1, -0.05) is 30.3 Å². The number of carbonyl (C=O) groups is 1. The van der Waals surface area contributed by atoms with Crippen LogP contribution in [0.4, 0.5) is 0 Å². The minimum absolute atomic E-state index is 0.573. The lowest BCUT2D eigenvalue weighted by Crippen LogP contribution is -1.92. The molecule has 0 saturated heterocycles. The van der Waals surface area contributed by atoms with Crippen molar-refractivity contribution in [3.63, 3.8) is 0 Å². The van der Waals surface area contributed by atoms with Gasteiger partial charge in [-0.2, -0.15) is 0 Å². The number of ether oxygens (including phenoxy) is 1. The molecule has 0 heterocycles. The molecule has 0 spiro atoms. The van der Waals surface area contributed by atoms with Crippen molar-refractivity contribution in [1.82, 2.24) is 0 Å². The molecule has 0 N–H and O–H groups in total. The first-order valence-electron chi connectivity index (χ1n) is 5.09. The minimum Gasteiger partial charge on any atom is -0.456 e. The summed E-state index contributed by atoms with van der Waals surface area (Å²) in [5.41, 5.74) is 1.53. The predicted molar refractivity (Wildman–Crippen MR) is 63.1 cm³/mol. The van der Waals surface area contributed by atoms with E-state index in [1.165, 1.54) is 0 Å². The van der Waals surface area contributed by atoms with Crippen LogP contribution in [0.25, 0.3) is 0 Å². The molecule has 16 heavy (non-hydrogen) atoms. The summed E-state index contributed by atoms with van der Waals surface area (Å²) in [5.74, 6) is 1.36. The average molecular weight is 212 g/mol. The lowest BCUT2D eigenvalue weighted by Gasteiger charge is -2.10. The van der Waals surface area contributed by atoms with Gasteiger partial charge in [0.2, 0.25) is 0 Å². The first-order chi connectivity index (χ1) is 7.81. The van der Waals surface area contributed by atoms with Gasteiger partial charge in [-0.05, 0) is 30.7 Å². The number of aryl methyl sites for hydroxylation is 1. The molecule has 80 valence electrons. The fraction of sp³-hybridized carbons (Fsp3) is 0.0714. The molecule has 0 aromatic heterocycles. The van der Waals surface area contributed by atoms with E-state index in [0.29, 0.717) is 11.3 Å². The minimum atomic E-state index is 0.573. The van der Waals surface area contributed by atoms with Gasteiger partial charge in [0, 0.05) is 0 Å². The summed E-state index contributed by atoms with van der Waals surface area (Å²) in [6.45, 7) is 1.92. The second kappa shape index (κ2) is 4.62. The summed E-state index contributed by atoms with van der Waals surface area (Å²) >= 11 is 0. The predicted octanol–water partition coefficient (Wildman–Crippen LogP) is 3.60. The molecule has 2 nitrogen and oxygen atoms in total. The Balaban J connectivity index is 2.38. The van der Waals surface area contributed by atoms with Crippen LogP contribution in [0.1, 0.15) is 15.9 Å². The third-order valence-electron chi connectivity index (χ3n) is 2.33. The Morgan fingerprint density at radius 1 is 1.00 bits per heavy atom. The molecule has 0 bridgehead atoms. The first-order valence-corrected chi connectivity index (χ1v) is 5.09. The number of rotatable bonds is 3. The molecule has 2 heteroatoms. The highest BCUT2D eigenvalue weighted by molar-refractivity contribution is 5.80. The van der Waals surface area contributed by atoms with Crippen LogP contribution in [0.15, 0.2) is 48.5 Å². The van der Waals surface area contributed by atoms with Crippen LogP contribution in [0.5, 0.6) is 11.5 Å². The van der Waals surface area contributed by atoms with Crippen LogP contribution in [-0.4, -0.2) is 6.29 Å². The van der Waals surface area contributed by atoms with Gasteiger partial charge < -0.3 is 4.74 Å². The van der Waals surface area contributed by atoms with Crippen molar-refractivity contribution >= 4 is 6.29 Å². The fourth-order valence-corrected chi connectivity index (χ4v) is 1.51. The number of hydrogen-bond donors (Lipinski definition) is 0. The van der Waals surface area contributed by atoms with Crippen LogP contribution < -0.4 is 4.74 Å². The van der Waals surface area contributed by atoms with Gasteiger partial charge in [-0.25, -0.2) is 0 Å². The quantitative estimate of drug-likeness (QED) is 0.726. The molecule has 0 aliphatic carbocycles. The Morgan fingerprint density at radius 2 is 1.75 bits per heavy atom. The smallest absolute Gasteiger partial charge is 0.153 e. The van der Waals surface area contributed by atoms with Crippen LogP contribution in [0.2, 0.25) is 0 Å². The molecular formula is C14H12O2. The van der Waals surface area contributed by atoms with E-state index in [9.17, 15) is 4.79 Å². The van der Waals surface area contributed by atoms with Gasteiger partial charge in [0.1, 0.15) is 11.5 Å². The maximum atomic E-state index is 10.9. The highest BCUT2D eigenvalue weighted by atomic mass is 16.5. The van der Waals surface area contributed by atoms with E-state index in [1.807, 2.05) is 49.4 Å². The Morgan fingerprint density at radius 3 is 2.44 bits per heavy atom. The lowest BCUT2D eigenvalue weighted by molar-refractivity contribution is 0.112. The van der Waals surface area contributed by atoms with Gasteiger partial charge >= 0.3 is 0 Å². The van der Waals surface area contributed by atoms with Crippen molar-refractivity contribution in [3.8, 4) is 11.5 Å². The zero-order valence-corrected chi connectivity index (χ0v) is 9.01. The monoisotopic (exact) mass is 212 g/mol. The molecule has 2 rings (SSSR count). The second-order valence-electron chi connectivity index (χ2n) is 3.53. The molecule has 0 fully saturated rings. The second-order valence-corrected chi connectivity index (χ2v) is 3.53. The topological polar surface area (TPSA) is 26.3 Å². The van der Waals surface area contributed by atoms with Crippen LogP contribution >= 0.6 is 0 Å². The third kappa shape index (κ3) is 2.11. The van der Waals surface area contributed by atoms with E-state index in [0.717, 1.165) is 17.6 Å². The van der Waals surface area contributed by atoms with Gasteiger partial charge in [-0.15, -0.1) is 0 Å². The van der Waals surface area contributed by atoms with Crippen LogP contribution in [-0.2, 0) is 0 Å². The number of para-hydroxylation sites is 2. The maximum absolute atomic E-state index is 10.9. The fourth-order valence-electron chi connectivity index (χ4n) is 1.51. The lowest BCUT2D eigenvalue weighted by atomic mass is 10.1. The summed E-state index contributed by atoms with van der Waals surface area (Å²) in [5, 5.41) is 0. The zero-order valence-electron chi connectivity index (χ0n) is 9.01. The highest BCUT2D eigenvalue weighted by Crippen LogP contribution is 2.27. The summed E-state index contributed by atoms with van der Waals surface area (Å²) < 4.78 is 5.70. The van der Waals surface area contributed by atoms with Gasteiger partial charge in [0.25, 0.3) is 0 Å². The summed E-state index contributed by atoms with van der Waals surface area (Å²) in [4.78, 5) is 10.9. The van der Waals surface area contributed by atoms with Gasteiger partial charge in [-0.3, -0.25) is 4.79 Å². The molecule has 2 aromatic rings. The van der Waals surface area contributed by atoms with E-state index in [2.05, 4.69) is 0 Å². The Hall–Kier alpha value is -2.09. The van der Waals surface area contributed by atoms with E-state index in [1.54, 1.807) is 6.07 Å². The van der Waals surface area contributed by atoms with Crippen molar-refractivity contribution < 1.29 is 9.53 Å².